The first-order valence-corrected chi connectivity index (χ1v) is 22.3. The minimum absolute atomic E-state index is 0.143. The molecule has 1 saturated heterocycles. The zero-order valence-corrected chi connectivity index (χ0v) is 34.7. The second-order valence-electron chi connectivity index (χ2n) is 16.4. The number of aromatic nitrogens is 2. The van der Waals surface area contributed by atoms with Gasteiger partial charge in [-0.05, 0) is 60.9 Å². The van der Waals surface area contributed by atoms with Gasteiger partial charge in [0.15, 0.2) is 11.6 Å². The lowest BCUT2D eigenvalue weighted by molar-refractivity contribution is -0.282. The number of nitrogens with one attached hydrogen (secondary N) is 1. The first kappa shape index (κ1) is 42.5. The molecule has 3 aliphatic rings. The summed E-state index contributed by atoms with van der Waals surface area (Å²) in [6.07, 6.45) is 10.6. The summed E-state index contributed by atoms with van der Waals surface area (Å²) in [5.74, 6) is -1.53. The van der Waals surface area contributed by atoms with Crippen LogP contribution in [-0.2, 0) is 41.4 Å². The number of nitrogens with zero attached hydrogens (tertiary/aromatic N) is 2. The molecule has 5 rings (SSSR count). The van der Waals surface area contributed by atoms with Crippen molar-refractivity contribution in [1.29, 1.82) is 0 Å². The Hall–Kier alpha value is -2.65. The molecule has 3 fully saturated rings. The number of hydrogen-bond donors (Lipinski definition) is 2. The Morgan fingerprint density at radius 2 is 1.54 bits per heavy atom. The molecule has 1 amide bonds. The molecule has 2 heterocycles. The second-order valence-corrected chi connectivity index (χ2v) is 20.9. The monoisotopic (exact) mass is 771 g/mol. The molecule has 2 aliphatic carbocycles. The van der Waals surface area contributed by atoms with Crippen LogP contribution in [0.3, 0.4) is 0 Å². The fourth-order valence-corrected chi connectivity index (χ4v) is 12.1. The lowest BCUT2D eigenvalue weighted by Crippen LogP contribution is -2.53. The van der Waals surface area contributed by atoms with Crippen LogP contribution in [0.15, 0.2) is 40.1 Å². The first-order valence-electron chi connectivity index (χ1n) is 20.2. The van der Waals surface area contributed by atoms with Crippen LogP contribution >= 0.6 is 0 Å². The highest BCUT2D eigenvalue weighted by molar-refractivity contribution is 6.87. The SMILES string of the molecule is COC1(OCC2OC(n3cc(C)c(=O)n(CCCNC(=O)Cc4ccc([Si](O)(C(C)C)C(C)C)cc4)c3=O)CC2OC2(OC)CCCCC2)CCCCC1. The van der Waals surface area contributed by atoms with E-state index in [-0.39, 0.29) is 42.1 Å². The summed E-state index contributed by atoms with van der Waals surface area (Å²) in [6, 6.07) is 7.75. The lowest BCUT2D eigenvalue weighted by atomic mass is 9.93. The van der Waals surface area contributed by atoms with Gasteiger partial charge in [-0.3, -0.25) is 18.7 Å². The number of carbonyl (C=O) groups excluding carboxylic acids is 1. The number of hydrogen-bond acceptors (Lipinski definition) is 9. The van der Waals surface area contributed by atoms with E-state index in [9.17, 15) is 19.2 Å². The van der Waals surface area contributed by atoms with E-state index < -0.39 is 44.0 Å². The van der Waals surface area contributed by atoms with Gasteiger partial charge in [0.2, 0.25) is 14.2 Å². The molecule has 54 heavy (non-hydrogen) atoms. The van der Waals surface area contributed by atoms with Gasteiger partial charge in [-0.2, -0.15) is 0 Å². The Kier molecular flexibility index (Phi) is 14.6. The zero-order valence-electron chi connectivity index (χ0n) is 33.7. The number of rotatable bonds is 17. The maximum absolute atomic E-state index is 13.9. The minimum atomic E-state index is -2.65. The summed E-state index contributed by atoms with van der Waals surface area (Å²) in [4.78, 5) is 51.5. The molecule has 2 saturated carbocycles. The van der Waals surface area contributed by atoms with Gasteiger partial charge in [-0.25, -0.2) is 4.79 Å². The van der Waals surface area contributed by atoms with E-state index in [4.69, 9.17) is 23.7 Å². The van der Waals surface area contributed by atoms with Gasteiger partial charge in [0.1, 0.15) is 12.3 Å². The van der Waals surface area contributed by atoms with Crippen LogP contribution in [0.25, 0.3) is 0 Å². The average Bonchev–Trinajstić information content (AvgIpc) is 3.57. The Balaban J connectivity index is 1.24. The van der Waals surface area contributed by atoms with Crippen molar-refractivity contribution in [1.82, 2.24) is 14.5 Å². The van der Waals surface area contributed by atoms with E-state index in [1.807, 2.05) is 24.3 Å². The van der Waals surface area contributed by atoms with E-state index in [1.165, 1.54) is 9.13 Å². The highest BCUT2D eigenvalue weighted by Gasteiger charge is 2.46. The summed E-state index contributed by atoms with van der Waals surface area (Å²) in [5.41, 5.74) is 0.808. The number of amides is 1. The topological polar surface area (TPSA) is 139 Å². The van der Waals surface area contributed by atoms with E-state index >= 15 is 0 Å². The predicted molar refractivity (Wildman–Crippen MR) is 210 cm³/mol. The number of benzene rings is 1. The molecule has 3 atom stereocenters. The van der Waals surface area contributed by atoms with Crippen LogP contribution in [0, 0.1) is 6.92 Å². The smallest absolute Gasteiger partial charge is 0.333 e. The number of ether oxygens (including phenoxy) is 5. The van der Waals surface area contributed by atoms with Crippen molar-refractivity contribution in [3.05, 3.63) is 62.4 Å². The van der Waals surface area contributed by atoms with Gasteiger partial charge in [0.25, 0.3) is 5.56 Å². The summed E-state index contributed by atoms with van der Waals surface area (Å²) in [5, 5.41) is 3.91. The maximum atomic E-state index is 13.9. The third-order valence-corrected chi connectivity index (χ3v) is 16.9. The highest BCUT2D eigenvalue weighted by Crippen LogP contribution is 2.40. The molecule has 0 radical (unpaired) electrons. The second kappa shape index (κ2) is 18.5. The van der Waals surface area contributed by atoms with Gasteiger partial charge >= 0.3 is 5.69 Å². The molecule has 2 aromatic rings. The Morgan fingerprint density at radius 1 is 0.944 bits per heavy atom. The average molecular weight is 772 g/mol. The molecule has 13 heteroatoms. The fraction of sp³-hybridized carbons (Fsp3) is 0.732. The summed E-state index contributed by atoms with van der Waals surface area (Å²) >= 11 is 0. The van der Waals surface area contributed by atoms with Crippen LogP contribution in [0.1, 0.15) is 122 Å². The van der Waals surface area contributed by atoms with Crippen LogP contribution in [0.2, 0.25) is 11.1 Å². The molecular weight excluding hydrogens is 707 g/mol. The van der Waals surface area contributed by atoms with Gasteiger partial charge < -0.3 is 33.8 Å². The largest absolute Gasteiger partial charge is 0.427 e. The molecule has 12 nitrogen and oxygen atoms in total. The standard InChI is InChI=1S/C41H65N3O9Si/c1-29(2)54(48,30(3)4)33-17-15-32(16-18-33)25-36(45)42-23-14-24-43-38(46)31(5)27-44(39(43)47)37-26-34(53-41(50-7)21-12-9-13-22-41)35(52-37)28-51-40(49-6)19-10-8-11-20-40/h15-18,27,29-30,34-35,37,48H,8-14,19-26,28H2,1-7H3,(H,42,45). The van der Waals surface area contributed by atoms with E-state index in [2.05, 4.69) is 33.0 Å². The van der Waals surface area contributed by atoms with Gasteiger partial charge in [-0.1, -0.05) is 64.8 Å². The van der Waals surface area contributed by atoms with Gasteiger partial charge in [-0.15, -0.1) is 0 Å². The van der Waals surface area contributed by atoms with Gasteiger partial charge in [0.05, 0.1) is 19.1 Å². The molecule has 1 aliphatic heterocycles. The molecule has 1 aromatic carbocycles. The first-order chi connectivity index (χ1) is 25.8. The van der Waals surface area contributed by atoms with Crippen molar-refractivity contribution in [3.63, 3.8) is 0 Å². The number of aryl methyl sites for hydroxylation is 1. The van der Waals surface area contributed by atoms with Crippen LogP contribution in [0.4, 0.5) is 0 Å². The van der Waals surface area contributed by atoms with Crippen molar-refractivity contribution in [2.45, 2.75) is 166 Å². The molecular formula is C41H65N3O9Si. The Morgan fingerprint density at radius 3 is 2.11 bits per heavy atom. The Labute approximate surface area is 322 Å². The molecule has 0 spiro atoms. The van der Waals surface area contributed by atoms with Crippen LogP contribution < -0.4 is 21.8 Å². The molecule has 1 aromatic heterocycles. The summed E-state index contributed by atoms with van der Waals surface area (Å²) in [7, 11) is 0.737. The van der Waals surface area contributed by atoms with Crippen LogP contribution in [-0.4, -0.2) is 79.3 Å². The summed E-state index contributed by atoms with van der Waals surface area (Å²) in [6.45, 7) is 10.7. The van der Waals surface area contributed by atoms with Crippen molar-refractivity contribution >= 4 is 19.4 Å². The third-order valence-electron chi connectivity index (χ3n) is 12.1. The molecule has 302 valence electrons. The van der Waals surface area contributed by atoms with E-state index in [0.717, 1.165) is 75.0 Å². The number of carbonyl (C=O) groups is 1. The van der Waals surface area contributed by atoms with Crippen molar-refractivity contribution in [2.24, 2.45) is 0 Å². The fourth-order valence-electron chi connectivity index (χ4n) is 8.71. The third kappa shape index (κ3) is 9.65. The van der Waals surface area contributed by atoms with E-state index in [0.29, 0.717) is 24.9 Å². The highest BCUT2D eigenvalue weighted by atomic mass is 28.4. The molecule has 3 unspecified atom stereocenters. The van der Waals surface area contributed by atoms with Crippen LogP contribution in [0.5, 0.6) is 0 Å². The quantitative estimate of drug-likeness (QED) is 0.124. The van der Waals surface area contributed by atoms with Crippen molar-refractivity contribution in [3.8, 4) is 0 Å². The lowest BCUT2D eigenvalue weighted by Gasteiger charge is -2.40. The van der Waals surface area contributed by atoms with E-state index in [1.54, 1.807) is 27.3 Å². The van der Waals surface area contributed by atoms with Crippen molar-refractivity contribution < 1.29 is 33.3 Å². The Bertz CT molecular complexity index is 1640. The maximum Gasteiger partial charge on any atom is 0.333 e. The zero-order chi connectivity index (χ0) is 39.1. The number of methoxy groups -OCH3 is 2. The molecule has 0 bridgehead atoms. The minimum Gasteiger partial charge on any atom is -0.427 e. The molecule has 2 N–H and O–H groups in total. The van der Waals surface area contributed by atoms with Gasteiger partial charge in [0, 0.05) is 71.2 Å². The predicted octanol–water partition coefficient (Wildman–Crippen LogP) is 5.34. The van der Waals surface area contributed by atoms with Crippen molar-refractivity contribution in [2.75, 3.05) is 27.4 Å². The summed E-state index contributed by atoms with van der Waals surface area (Å²) < 4.78 is 34.4. The normalized spacial score (nSPS) is 22.9.